The molecule has 0 bridgehead atoms. The van der Waals surface area contributed by atoms with Crippen molar-refractivity contribution in [1.82, 2.24) is 4.90 Å². The fourth-order valence-corrected chi connectivity index (χ4v) is 5.35. The lowest BCUT2D eigenvalue weighted by Crippen LogP contribution is -2.27. The molecule has 0 saturated carbocycles. The second kappa shape index (κ2) is 32.9. The maximum Gasteiger partial charge on any atom is 0.0431 e. The Balaban J connectivity index is 3.82. The van der Waals surface area contributed by atoms with Crippen molar-refractivity contribution < 1.29 is 10.2 Å². The summed E-state index contributed by atoms with van der Waals surface area (Å²) in [7, 11) is 0. The van der Waals surface area contributed by atoms with Gasteiger partial charge in [-0.15, -0.1) is 0 Å². The van der Waals surface area contributed by atoms with Crippen molar-refractivity contribution in [2.75, 3.05) is 32.8 Å². The summed E-state index contributed by atoms with van der Waals surface area (Å²) in [4.78, 5) is 2.80. The maximum absolute atomic E-state index is 8.85. The van der Waals surface area contributed by atoms with Crippen LogP contribution in [0.2, 0.25) is 0 Å². The Morgan fingerprint density at radius 3 is 0.778 bits per heavy atom. The highest BCUT2D eigenvalue weighted by Crippen LogP contribution is 2.14. The molecule has 0 aromatic heterocycles. The van der Waals surface area contributed by atoms with E-state index < -0.39 is 0 Å². The molecule has 0 saturated heterocycles. The van der Waals surface area contributed by atoms with Gasteiger partial charge in [0.25, 0.3) is 0 Å². The predicted molar refractivity (Wildman–Crippen MR) is 161 cm³/mol. The van der Waals surface area contributed by atoms with E-state index in [-0.39, 0.29) is 0 Å². The van der Waals surface area contributed by atoms with Crippen LogP contribution in [0.3, 0.4) is 0 Å². The second-order valence-electron chi connectivity index (χ2n) is 11.5. The van der Waals surface area contributed by atoms with Gasteiger partial charge >= 0.3 is 0 Å². The molecule has 0 aromatic carbocycles. The summed E-state index contributed by atoms with van der Waals surface area (Å²) in [6, 6.07) is 0. The molecule has 0 aliphatic carbocycles. The Morgan fingerprint density at radius 1 is 0.306 bits per heavy atom. The smallest absolute Gasteiger partial charge is 0.0431 e. The van der Waals surface area contributed by atoms with Gasteiger partial charge < -0.3 is 15.1 Å². The van der Waals surface area contributed by atoms with Crippen molar-refractivity contribution in [1.29, 1.82) is 0 Å². The fourth-order valence-electron chi connectivity index (χ4n) is 5.35. The average Bonchev–Trinajstić information content (AvgIpc) is 2.89. The standard InChI is InChI=1S/C33H69NO2/c1-2-3-4-5-14-19-24-29-34(30-25-20-15-10-6-8-12-17-22-27-32-35)31-26-21-16-11-7-9-13-18-23-28-33-36/h35-36H,2-33H2,1H3. The molecule has 36 heavy (non-hydrogen) atoms. The van der Waals surface area contributed by atoms with Gasteiger partial charge in [-0.25, -0.2) is 0 Å². The van der Waals surface area contributed by atoms with E-state index in [4.69, 9.17) is 10.2 Å². The Kier molecular flexibility index (Phi) is 32.8. The zero-order chi connectivity index (χ0) is 26.2. The summed E-state index contributed by atoms with van der Waals surface area (Å²) in [6.45, 7) is 7.01. The molecule has 0 amide bonds. The van der Waals surface area contributed by atoms with Crippen molar-refractivity contribution in [2.24, 2.45) is 0 Å². The molecule has 0 radical (unpaired) electrons. The van der Waals surface area contributed by atoms with Gasteiger partial charge in [0.1, 0.15) is 0 Å². The Morgan fingerprint density at radius 2 is 0.528 bits per heavy atom. The molecule has 218 valence electrons. The Hall–Kier alpha value is -0.120. The number of hydrogen-bond donors (Lipinski definition) is 2. The molecule has 0 unspecified atom stereocenters. The number of aliphatic hydroxyl groups is 2. The Bertz CT molecular complexity index is 351. The van der Waals surface area contributed by atoms with Gasteiger partial charge in [0.05, 0.1) is 0 Å². The zero-order valence-corrected chi connectivity index (χ0v) is 25.0. The van der Waals surface area contributed by atoms with E-state index in [0.29, 0.717) is 13.2 Å². The molecule has 2 N–H and O–H groups in total. The van der Waals surface area contributed by atoms with Crippen LogP contribution in [-0.2, 0) is 0 Å². The third-order valence-corrected chi connectivity index (χ3v) is 7.84. The highest BCUT2D eigenvalue weighted by Gasteiger charge is 2.05. The van der Waals surface area contributed by atoms with Crippen LogP contribution in [0.5, 0.6) is 0 Å². The summed E-state index contributed by atoms with van der Waals surface area (Å²) in [5.41, 5.74) is 0. The van der Waals surface area contributed by atoms with Crippen LogP contribution in [0, 0.1) is 0 Å². The quantitative estimate of drug-likeness (QED) is 0.0883. The highest BCUT2D eigenvalue weighted by molar-refractivity contribution is 4.61. The number of hydrogen-bond acceptors (Lipinski definition) is 3. The highest BCUT2D eigenvalue weighted by atomic mass is 16.3. The molecule has 0 spiro atoms. The molecule has 0 rings (SSSR count). The zero-order valence-electron chi connectivity index (χ0n) is 25.0. The molecule has 0 aliphatic heterocycles. The first-order chi connectivity index (χ1) is 17.8. The van der Waals surface area contributed by atoms with Crippen LogP contribution >= 0.6 is 0 Å². The topological polar surface area (TPSA) is 43.7 Å². The van der Waals surface area contributed by atoms with E-state index in [2.05, 4.69) is 11.8 Å². The Labute approximate surface area is 228 Å². The summed E-state index contributed by atoms with van der Waals surface area (Å²) < 4.78 is 0. The van der Waals surface area contributed by atoms with Crippen molar-refractivity contribution in [2.45, 2.75) is 180 Å². The van der Waals surface area contributed by atoms with Crippen LogP contribution in [0.1, 0.15) is 180 Å². The fraction of sp³-hybridized carbons (Fsp3) is 1.00. The third-order valence-electron chi connectivity index (χ3n) is 7.84. The number of rotatable bonds is 32. The molecule has 3 heteroatoms. The lowest BCUT2D eigenvalue weighted by molar-refractivity contribution is 0.254. The summed E-state index contributed by atoms with van der Waals surface area (Å²) >= 11 is 0. The second-order valence-corrected chi connectivity index (χ2v) is 11.5. The SMILES string of the molecule is CCCCCCCCCN(CCCCCCCCCCCCO)CCCCCCCCCCCCO. The van der Waals surface area contributed by atoms with Gasteiger partial charge in [0.2, 0.25) is 0 Å². The maximum atomic E-state index is 8.85. The van der Waals surface area contributed by atoms with Crippen LogP contribution in [0.25, 0.3) is 0 Å². The molecular weight excluding hydrogens is 442 g/mol. The lowest BCUT2D eigenvalue weighted by Gasteiger charge is -2.22. The van der Waals surface area contributed by atoms with Gasteiger partial charge in [-0.2, -0.15) is 0 Å². The van der Waals surface area contributed by atoms with E-state index in [1.807, 2.05) is 0 Å². The number of nitrogens with zero attached hydrogens (tertiary/aromatic N) is 1. The van der Waals surface area contributed by atoms with Crippen LogP contribution in [-0.4, -0.2) is 48.0 Å². The first-order valence-electron chi connectivity index (χ1n) is 16.8. The van der Waals surface area contributed by atoms with Gasteiger partial charge in [-0.05, 0) is 51.7 Å². The molecule has 0 aliphatic rings. The van der Waals surface area contributed by atoms with Crippen molar-refractivity contribution in [3.63, 3.8) is 0 Å². The normalized spacial score (nSPS) is 11.7. The van der Waals surface area contributed by atoms with E-state index in [1.165, 1.54) is 180 Å². The van der Waals surface area contributed by atoms with E-state index in [1.54, 1.807) is 0 Å². The van der Waals surface area contributed by atoms with E-state index in [9.17, 15) is 0 Å². The van der Waals surface area contributed by atoms with Gasteiger partial charge in [-0.1, -0.05) is 148 Å². The van der Waals surface area contributed by atoms with Gasteiger partial charge in [0.15, 0.2) is 0 Å². The molecule has 0 atom stereocenters. The molecule has 0 fully saturated rings. The first-order valence-corrected chi connectivity index (χ1v) is 16.8. The minimum Gasteiger partial charge on any atom is -0.396 e. The van der Waals surface area contributed by atoms with Gasteiger partial charge in [-0.3, -0.25) is 0 Å². The van der Waals surface area contributed by atoms with Crippen molar-refractivity contribution >= 4 is 0 Å². The molecule has 0 aromatic rings. The summed E-state index contributed by atoms with van der Waals surface area (Å²) in [5.74, 6) is 0. The van der Waals surface area contributed by atoms with Crippen LogP contribution in [0.4, 0.5) is 0 Å². The minimum atomic E-state index is 0.364. The lowest BCUT2D eigenvalue weighted by atomic mass is 10.1. The summed E-state index contributed by atoms with van der Waals surface area (Å²) in [6.07, 6.45) is 36.5. The van der Waals surface area contributed by atoms with Gasteiger partial charge in [0, 0.05) is 13.2 Å². The number of unbranched alkanes of at least 4 members (excludes halogenated alkanes) is 24. The molecule has 3 nitrogen and oxygen atoms in total. The molecular formula is C33H69NO2. The monoisotopic (exact) mass is 512 g/mol. The van der Waals surface area contributed by atoms with Crippen molar-refractivity contribution in [3.05, 3.63) is 0 Å². The average molecular weight is 512 g/mol. The first kappa shape index (κ1) is 35.9. The number of aliphatic hydroxyl groups excluding tert-OH is 2. The van der Waals surface area contributed by atoms with E-state index in [0.717, 1.165) is 12.8 Å². The van der Waals surface area contributed by atoms with Crippen LogP contribution in [0.15, 0.2) is 0 Å². The molecule has 0 heterocycles. The summed E-state index contributed by atoms with van der Waals surface area (Å²) in [5, 5.41) is 17.7. The largest absolute Gasteiger partial charge is 0.396 e. The third kappa shape index (κ3) is 30.1. The van der Waals surface area contributed by atoms with E-state index >= 15 is 0 Å². The van der Waals surface area contributed by atoms with Crippen LogP contribution < -0.4 is 0 Å². The van der Waals surface area contributed by atoms with Crippen molar-refractivity contribution in [3.8, 4) is 0 Å². The predicted octanol–water partition coefficient (Wildman–Crippen LogP) is 9.83. The minimum absolute atomic E-state index is 0.364.